The first kappa shape index (κ1) is 31.4. The first-order chi connectivity index (χ1) is 21.0. The molecular weight excluding hydrogens is 536 g/mol. The van der Waals surface area contributed by atoms with E-state index in [1.165, 1.54) is 11.1 Å². The molecule has 6 nitrogen and oxygen atoms in total. The Balaban J connectivity index is 1.51. The van der Waals surface area contributed by atoms with Gasteiger partial charge in [0.05, 0.1) is 7.11 Å². The van der Waals surface area contributed by atoms with Crippen LogP contribution < -0.4 is 19.5 Å². The summed E-state index contributed by atoms with van der Waals surface area (Å²) in [5.74, 6) is 2.18. The van der Waals surface area contributed by atoms with Crippen LogP contribution in [-0.2, 0) is 13.0 Å². The summed E-state index contributed by atoms with van der Waals surface area (Å²) in [4.78, 5) is 14.7. The molecule has 0 aliphatic heterocycles. The SMILES string of the molecule is CCN(CC)CCOc1ccc(/C(=C(\C)Cc2ccc(OC)cc2)c2ccc(OC(=O)NCc3ccccc3)cc2)cc1. The normalized spacial score (nSPS) is 11.6. The number of benzene rings is 4. The van der Waals surface area contributed by atoms with E-state index in [2.05, 4.69) is 55.3 Å². The molecule has 1 N–H and O–H groups in total. The highest BCUT2D eigenvalue weighted by Gasteiger charge is 2.12. The Labute approximate surface area is 255 Å². The van der Waals surface area contributed by atoms with E-state index < -0.39 is 6.09 Å². The van der Waals surface area contributed by atoms with Gasteiger partial charge in [0, 0.05) is 13.1 Å². The number of methoxy groups -OCH3 is 1. The molecule has 1 amide bonds. The summed E-state index contributed by atoms with van der Waals surface area (Å²) < 4.78 is 16.9. The monoisotopic (exact) mass is 578 g/mol. The molecule has 4 rings (SSSR count). The molecule has 6 heteroatoms. The number of likely N-dealkylation sites (N-methyl/N-ethyl adjacent to an activating group) is 1. The van der Waals surface area contributed by atoms with Gasteiger partial charge >= 0.3 is 6.09 Å². The zero-order valence-electron chi connectivity index (χ0n) is 25.6. The highest BCUT2D eigenvalue weighted by molar-refractivity contribution is 5.83. The van der Waals surface area contributed by atoms with Crippen molar-refractivity contribution in [3.8, 4) is 17.2 Å². The van der Waals surface area contributed by atoms with E-state index in [1.54, 1.807) is 7.11 Å². The number of nitrogens with zero attached hydrogens (tertiary/aromatic N) is 1. The van der Waals surface area contributed by atoms with E-state index in [0.29, 0.717) is 18.9 Å². The maximum Gasteiger partial charge on any atom is 0.412 e. The van der Waals surface area contributed by atoms with Gasteiger partial charge < -0.3 is 24.4 Å². The summed E-state index contributed by atoms with van der Waals surface area (Å²) in [6, 6.07) is 33.9. The van der Waals surface area contributed by atoms with Gasteiger partial charge in [-0.05, 0) is 90.7 Å². The topological polar surface area (TPSA) is 60.0 Å². The summed E-state index contributed by atoms with van der Waals surface area (Å²) in [5.41, 5.74) is 6.69. The molecule has 224 valence electrons. The maximum absolute atomic E-state index is 12.4. The van der Waals surface area contributed by atoms with Crippen LogP contribution in [0.4, 0.5) is 4.79 Å². The molecule has 0 saturated heterocycles. The van der Waals surface area contributed by atoms with Gasteiger partial charge in [0.1, 0.15) is 23.9 Å². The molecule has 0 atom stereocenters. The van der Waals surface area contributed by atoms with Gasteiger partial charge in [-0.2, -0.15) is 0 Å². The molecule has 43 heavy (non-hydrogen) atoms. The summed E-state index contributed by atoms with van der Waals surface area (Å²) in [7, 11) is 1.68. The second-order valence-corrected chi connectivity index (χ2v) is 10.3. The largest absolute Gasteiger partial charge is 0.497 e. The smallest absolute Gasteiger partial charge is 0.412 e. The lowest BCUT2D eigenvalue weighted by Gasteiger charge is -2.18. The van der Waals surface area contributed by atoms with Crippen LogP contribution in [-0.4, -0.2) is 44.3 Å². The van der Waals surface area contributed by atoms with Crippen molar-refractivity contribution >= 4 is 11.7 Å². The molecule has 0 aliphatic carbocycles. The highest BCUT2D eigenvalue weighted by atomic mass is 16.6. The van der Waals surface area contributed by atoms with Gasteiger partial charge in [-0.1, -0.05) is 86.2 Å². The summed E-state index contributed by atoms with van der Waals surface area (Å²) in [5, 5.41) is 2.80. The van der Waals surface area contributed by atoms with E-state index in [0.717, 1.165) is 59.8 Å². The van der Waals surface area contributed by atoms with Crippen LogP contribution in [0.2, 0.25) is 0 Å². The molecule has 0 unspecified atom stereocenters. The molecule has 0 heterocycles. The predicted octanol–water partition coefficient (Wildman–Crippen LogP) is 7.77. The van der Waals surface area contributed by atoms with Crippen LogP contribution >= 0.6 is 0 Å². The number of allylic oxidation sites excluding steroid dienone is 1. The van der Waals surface area contributed by atoms with Crippen LogP contribution in [0.1, 0.15) is 43.0 Å². The molecule has 0 fully saturated rings. The number of amides is 1. The number of ether oxygens (including phenoxy) is 3. The number of nitrogens with one attached hydrogen (secondary N) is 1. The Morgan fingerprint density at radius 2 is 1.30 bits per heavy atom. The molecule has 0 radical (unpaired) electrons. The third-order valence-corrected chi connectivity index (χ3v) is 7.40. The van der Waals surface area contributed by atoms with Crippen molar-refractivity contribution in [2.75, 3.05) is 33.4 Å². The highest BCUT2D eigenvalue weighted by Crippen LogP contribution is 2.31. The van der Waals surface area contributed by atoms with Crippen molar-refractivity contribution in [1.82, 2.24) is 10.2 Å². The molecule has 0 aromatic heterocycles. The van der Waals surface area contributed by atoms with E-state index in [4.69, 9.17) is 14.2 Å². The molecule has 0 aliphatic rings. The van der Waals surface area contributed by atoms with Gasteiger partial charge in [-0.3, -0.25) is 0 Å². The van der Waals surface area contributed by atoms with Gasteiger partial charge in [0.15, 0.2) is 0 Å². The third-order valence-electron chi connectivity index (χ3n) is 7.40. The van der Waals surface area contributed by atoms with Crippen LogP contribution in [0.5, 0.6) is 17.2 Å². The lowest BCUT2D eigenvalue weighted by molar-refractivity contribution is 0.200. The standard InChI is InChI=1S/C37H42N2O4/c1-5-39(6-2)24-25-42-34-20-14-31(15-21-34)36(28(3)26-29-12-18-33(41-4)19-13-29)32-16-22-35(23-17-32)43-37(40)38-27-30-10-8-7-9-11-30/h7-23H,5-6,24-27H2,1-4H3,(H,38,40)/b36-28-. The molecular formula is C37H42N2O4. The maximum atomic E-state index is 12.4. The van der Waals surface area contributed by atoms with E-state index >= 15 is 0 Å². The average Bonchev–Trinajstić information content (AvgIpc) is 3.04. The quantitative estimate of drug-likeness (QED) is 0.166. The van der Waals surface area contributed by atoms with E-state index in [-0.39, 0.29) is 0 Å². The lowest BCUT2D eigenvalue weighted by Crippen LogP contribution is -2.27. The minimum absolute atomic E-state index is 0.407. The fourth-order valence-electron chi connectivity index (χ4n) is 4.95. The molecule has 0 saturated carbocycles. The summed E-state index contributed by atoms with van der Waals surface area (Å²) in [6.07, 6.45) is 0.293. The number of hydrogen-bond acceptors (Lipinski definition) is 5. The first-order valence-corrected chi connectivity index (χ1v) is 14.9. The Morgan fingerprint density at radius 1 is 0.721 bits per heavy atom. The Hall–Kier alpha value is -4.55. The number of hydrogen-bond donors (Lipinski definition) is 1. The minimum atomic E-state index is -0.486. The lowest BCUT2D eigenvalue weighted by atomic mass is 9.90. The zero-order valence-corrected chi connectivity index (χ0v) is 25.6. The first-order valence-electron chi connectivity index (χ1n) is 14.9. The van der Waals surface area contributed by atoms with E-state index in [1.807, 2.05) is 78.9 Å². The van der Waals surface area contributed by atoms with Crippen molar-refractivity contribution in [3.63, 3.8) is 0 Å². The van der Waals surface area contributed by atoms with Crippen molar-refractivity contribution < 1.29 is 19.0 Å². The predicted molar refractivity (Wildman–Crippen MR) is 174 cm³/mol. The number of carbonyl (C=O) groups excluding carboxylic acids is 1. The fraction of sp³-hybridized carbons (Fsp3) is 0.270. The molecule has 0 spiro atoms. The summed E-state index contributed by atoms with van der Waals surface area (Å²) >= 11 is 0. The van der Waals surface area contributed by atoms with Crippen molar-refractivity contribution in [2.45, 2.75) is 33.7 Å². The number of carbonyl (C=O) groups is 1. The van der Waals surface area contributed by atoms with Crippen molar-refractivity contribution in [2.24, 2.45) is 0 Å². The Bertz CT molecular complexity index is 1440. The molecule has 4 aromatic rings. The Morgan fingerprint density at radius 3 is 1.88 bits per heavy atom. The molecule has 0 bridgehead atoms. The second-order valence-electron chi connectivity index (χ2n) is 10.3. The van der Waals surface area contributed by atoms with Crippen molar-refractivity contribution in [1.29, 1.82) is 0 Å². The number of rotatable bonds is 14. The van der Waals surface area contributed by atoms with Gasteiger partial charge in [-0.15, -0.1) is 0 Å². The van der Waals surface area contributed by atoms with Gasteiger partial charge in [-0.25, -0.2) is 4.79 Å². The van der Waals surface area contributed by atoms with Gasteiger partial charge in [0.2, 0.25) is 0 Å². The fourth-order valence-corrected chi connectivity index (χ4v) is 4.95. The van der Waals surface area contributed by atoms with E-state index in [9.17, 15) is 4.79 Å². The third kappa shape index (κ3) is 9.48. The van der Waals surface area contributed by atoms with Crippen LogP contribution in [0, 0.1) is 0 Å². The average molecular weight is 579 g/mol. The second kappa shape index (κ2) is 16.2. The molecule has 4 aromatic carbocycles. The zero-order chi connectivity index (χ0) is 30.4. The van der Waals surface area contributed by atoms with Crippen LogP contribution in [0.15, 0.2) is 109 Å². The van der Waals surface area contributed by atoms with Crippen molar-refractivity contribution in [3.05, 3.63) is 131 Å². The Kier molecular flexibility index (Phi) is 11.8. The van der Waals surface area contributed by atoms with Gasteiger partial charge in [0.25, 0.3) is 0 Å². The minimum Gasteiger partial charge on any atom is -0.497 e. The summed E-state index contributed by atoms with van der Waals surface area (Å²) in [6.45, 7) is 10.5. The van der Waals surface area contributed by atoms with Crippen LogP contribution in [0.3, 0.4) is 0 Å². The van der Waals surface area contributed by atoms with Crippen LogP contribution in [0.25, 0.3) is 5.57 Å².